The van der Waals surface area contributed by atoms with E-state index in [1.165, 1.54) is 12.1 Å². The molecule has 0 aromatic heterocycles. The molecule has 0 bridgehead atoms. The summed E-state index contributed by atoms with van der Waals surface area (Å²) in [7, 11) is 0. The first kappa shape index (κ1) is 15.6. The van der Waals surface area contributed by atoms with Gasteiger partial charge in [-0.05, 0) is 23.8 Å². The van der Waals surface area contributed by atoms with E-state index in [-0.39, 0.29) is 25.8 Å². The number of rotatable bonds is 3. The van der Waals surface area contributed by atoms with Crippen LogP contribution in [0.4, 0.5) is 8.78 Å². The van der Waals surface area contributed by atoms with Crippen LogP contribution in [0.3, 0.4) is 0 Å². The number of ether oxygens (including phenoxy) is 1. The molecule has 2 rings (SSSR count). The lowest BCUT2D eigenvalue weighted by molar-refractivity contribution is -0.0497. The first-order chi connectivity index (χ1) is 9.40. The fraction of sp³-hybridized carbons (Fsp3) is 0.0769. The molecule has 0 heterocycles. The van der Waals surface area contributed by atoms with Gasteiger partial charge in [0.15, 0.2) is 0 Å². The quantitative estimate of drug-likeness (QED) is 0.564. The first-order valence-electron chi connectivity index (χ1n) is 5.28. The van der Waals surface area contributed by atoms with Crippen LogP contribution in [0.2, 0.25) is 20.1 Å². The average molecular weight is 358 g/mol. The smallest absolute Gasteiger partial charge is 0.387 e. The monoisotopic (exact) mass is 356 g/mol. The predicted octanol–water partition coefficient (Wildman–Crippen LogP) is 6.57. The van der Waals surface area contributed by atoms with Crippen molar-refractivity contribution in [1.82, 2.24) is 0 Å². The van der Waals surface area contributed by atoms with Gasteiger partial charge in [-0.3, -0.25) is 0 Å². The zero-order valence-corrected chi connectivity index (χ0v) is 12.7. The van der Waals surface area contributed by atoms with Crippen LogP contribution in [0.1, 0.15) is 0 Å². The molecule has 2 aromatic carbocycles. The number of halogens is 6. The summed E-state index contributed by atoms with van der Waals surface area (Å²) in [5.41, 5.74) is 1.01. The van der Waals surface area contributed by atoms with Gasteiger partial charge in [-0.25, -0.2) is 0 Å². The highest BCUT2D eigenvalue weighted by atomic mass is 35.5. The van der Waals surface area contributed by atoms with Crippen molar-refractivity contribution in [2.75, 3.05) is 0 Å². The lowest BCUT2D eigenvalue weighted by Crippen LogP contribution is -2.02. The normalized spacial score (nSPS) is 10.9. The van der Waals surface area contributed by atoms with Gasteiger partial charge < -0.3 is 4.74 Å². The Morgan fingerprint density at radius 3 is 2.05 bits per heavy atom. The molecule has 0 unspecified atom stereocenters. The molecule has 0 fully saturated rings. The van der Waals surface area contributed by atoms with Gasteiger partial charge in [-0.2, -0.15) is 8.78 Å². The summed E-state index contributed by atoms with van der Waals surface area (Å²) in [4.78, 5) is 0. The Balaban J connectivity index is 2.53. The molecule has 0 saturated heterocycles. The number of hydrogen-bond acceptors (Lipinski definition) is 1. The van der Waals surface area contributed by atoms with Crippen molar-refractivity contribution >= 4 is 46.4 Å². The summed E-state index contributed by atoms with van der Waals surface area (Å²) in [6.45, 7) is -2.96. The summed E-state index contributed by atoms with van der Waals surface area (Å²) in [5, 5.41) is 0.742. The molecule has 2 aromatic rings. The zero-order valence-electron chi connectivity index (χ0n) is 9.64. The molecule has 0 amide bonds. The molecular formula is C13H6Cl4F2O. The second-order valence-corrected chi connectivity index (χ2v) is 5.32. The highest BCUT2D eigenvalue weighted by Gasteiger charge is 2.15. The molecule has 106 valence electrons. The largest absolute Gasteiger partial charge is 0.433 e. The van der Waals surface area contributed by atoms with E-state index in [2.05, 4.69) is 4.74 Å². The molecule has 0 radical (unpaired) electrons. The first-order valence-corrected chi connectivity index (χ1v) is 6.79. The van der Waals surface area contributed by atoms with Gasteiger partial charge in [-0.1, -0.05) is 58.5 Å². The highest BCUT2D eigenvalue weighted by Crippen LogP contribution is 2.40. The number of hydrogen-bond donors (Lipinski definition) is 0. The minimum atomic E-state index is -2.96. The zero-order chi connectivity index (χ0) is 14.9. The second kappa shape index (κ2) is 6.35. The van der Waals surface area contributed by atoms with E-state index in [4.69, 9.17) is 46.4 Å². The number of benzene rings is 2. The van der Waals surface area contributed by atoms with E-state index in [0.717, 1.165) is 0 Å². The van der Waals surface area contributed by atoms with Crippen LogP contribution in [0.25, 0.3) is 11.1 Å². The van der Waals surface area contributed by atoms with Crippen molar-refractivity contribution in [3.05, 3.63) is 50.4 Å². The van der Waals surface area contributed by atoms with Crippen LogP contribution in [-0.4, -0.2) is 6.61 Å². The van der Waals surface area contributed by atoms with Gasteiger partial charge in [0.05, 0.1) is 20.1 Å². The highest BCUT2D eigenvalue weighted by molar-refractivity contribution is 6.48. The third-order valence-electron chi connectivity index (χ3n) is 2.47. The van der Waals surface area contributed by atoms with E-state index in [1.54, 1.807) is 18.2 Å². The van der Waals surface area contributed by atoms with Crippen LogP contribution < -0.4 is 4.74 Å². The fourth-order valence-electron chi connectivity index (χ4n) is 1.63. The Kier molecular flexibility index (Phi) is 4.97. The maximum Gasteiger partial charge on any atom is 0.387 e. The molecule has 0 atom stereocenters. The molecule has 0 aliphatic heterocycles. The van der Waals surface area contributed by atoms with Gasteiger partial charge in [0, 0.05) is 5.56 Å². The van der Waals surface area contributed by atoms with Gasteiger partial charge in [-0.15, -0.1) is 0 Å². The topological polar surface area (TPSA) is 9.23 Å². The van der Waals surface area contributed by atoms with Crippen molar-refractivity contribution in [1.29, 1.82) is 0 Å². The summed E-state index contributed by atoms with van der Waals surface area (Å²) >= 11 is 23.8. The Labute approximate surface area is 134 Å². The summed E-state index contributed by atoms with van der Waals surface area (Å²) in [6, 6.07) is 7.61. The van der Waals surface area contributed by atoms with E-state index in [1.807, 2.05) is 0 Å². The number of alkyl halides is 2. The van der Waals surface area contributed by atoms with Crippen LogP contribution >= 0.6 is 46.4 Å². The third kappa shape index (κ3) is 3.29. The molecule has 20 heavy (non-hydrogen) atoms. The molecule has 0 aliphatic rings. The average Bonchev–Trinajstić information content (AvgIpc) is 2.37. The molecule has 7 heteroatoms. The lowest BCUT2D eigenvalue weighted by atomic mass is 10.1. The maximum absolute atomic E-state index is 12.3. The van der Waals surface area contributed by atoms with Crippen molar-refractivity contribution in [3.63, 3.8) is 0 Å². The van der Waals surface area contributed by atoms with Crippen molar-refractivity contribution < 1.29 is 13.5 Å². The summed E-state index contributed by atoms with van der Waals surface area (Å²) in [6.07, 6.45) is 0. The van der Waals surface area contributed by atoms with E-state index >= 15 is 0 Å². The Morgan fingerprint density at radius 1 is 0.900 bits per heavy atom. The minimum Gasteiger partial charge on any atom is -0.433 e. The SMILES string of the molecule is FC(F)Oc1cccc(-c2cc(Cl)c(Cl)c(Cl)c2)c1Cl. The Bertz CT molecular complexity index is 623. The van der Waals surface area contributed by atoms with Gasteiger partial charge in [0.1, 0.15) is 5.75 Å². The Morgan fingerprint density at radius 2 is 1.50 bits per heavy atom. The van der Waals surface area contributed by atoms with E-state index in [9.17, 15) is 8.78 Å². The van der Waals surface area contributed by atoms with Crippen LogP contribution in [0, 0.1) is 0 Å². The third-order valence-corrected chi connectivity index (χ3v) is 4.06. The van der Waals surface area contributed by atoms with Gasteiger partial charge in [0.2, 0.25) is 0 Å². The lowest BCUT2D eigenvalue weighted by Gasteiger charge is -2.11. The summed E-state index contributed by atoms with van der Waals surface area (Å²) < 4.78 is 28.9. The molecular weight excluding hydrogens is 352 g/mol. The Hall–Kier alpha value is -0.740. The molecule has 0 N–H and O–H groups in total. The predicted molar refractivity (Wildman–Crippen MR) is 78.6 cm³/mol. The summed E-state index contributed by atoms with van der Waals surface area (Å²) in [5.74, 6) is -0.124. The van der Waals surface area contributed by atoms with Crippen molar-refractivity contribution in [3.8, 4) is 16.9 Å². The fourth-order valence-corrected chi connectivity index (χ4v) is 2.51. The van der Waals surface area contributed by atoms with E-state index in [0.29, 0.717) is 11.1 Å². The van der Waals surface area contributed by atoms with Gasteiger partial charge in [0.25, 0.3) is 0 Å². The van der Waals surface area contributed by atoms with Crippen molar-refractivity contribution in [2.24, 2.45) is 0 Å². The van der Waals surface area contributed by atoms with Crippen LogP contribution in [0.5, 0.6) is 5.75 Å². The minimum absolute atomic E-state index is 0.0438. The second-order valence-electron chi connectivity index (χ2n) is 3.75. The molecule has 0 spiro atoms. The van der Waals surface area contributed by atoms with Crippen molar-refractivity contribution in [2.45, 2.75) is 6.61 Å². The standard InChI is InChI=1S/C13H6Cl4F2O/c14-8-4-6(5-9(15)12(8)17)7-2-1-3-10(11(7)16)20-13(18)19/h1-5,13H. The van der Waals surface area contributed by atoms with E-state index < -0.39 is 6.61 Å². The maximum atomic E-state index is 12.3. The van der Waals surface area contributed by atoms with Gasteiger partial charge >= 0.3 is 6.61 Å². The van der Waals surface area contributed by atoms with Crippen LogP contribution in [0.15, 0.2) is 30.3 Å². The molecule has 0 aliphatic carbocycles. The molecule has 1 nitrogen and oxygen atoms in total. The van der Waals surface area contributed by atoms with Crippen LogP contribution in [-0.2, 0) is 0 Å². The molecule has 0 saturated carbocycles.